The van der Waals surface area contributed by atoms with Gasteiger partial charge in [-0.1, -0.05) is 54.1 Å². The third-order valence-corrected chi connectivity index (χ3v) is 4.05. The van der Waals surface area contributed by atoms with E-state index in [9.17, 15) is 4.79 Å². The van der Waals surface area contributed by atoms with Gasteiger partial charge < -0.3 is 5.32 Å². The Bertz CT molecular complexity index is 912. The zero-order valence-electron chi connectivity index (χ0n) is 13.3. The number of thiocarbonyl (C=S) groups is 1. The highest BCUT2D eigenvalue weighted by Gasteiger charge is 2.05. The van der Waals surface area contributed by atoms with E-state index in [0.29, 0.717) is 10.1 Å². The highest BCUT2D eigenvalue weighted by Crippen LogP contribution is 2.16. The van der Waals surface area contributed by atoms with Crippen LogP contribution in [0.25, 0.3) is 10.8 Å². The number of halogens is 1. The molecule has 126 valence electrons. The van der Waals surface area contributed by atoms with Crippen LogP contribution in [0, 0.1) is 0 Å². The van der Waals surface area contributed by atoms with Crippen molar-refractivity contribution in [3.05, 3.63) is 77.3 Å². The molecule has 0 spiro atoms. The average Bonchev–Trinajstić information content (AvgIpc) is 2.62. The lowest BCUT2D eigenvalue weighted by Crippen LogP contribution is -2.44. The third-order valence-electron chi connectivity index (χ3n) is 3.60. The molecule has 25 heavy (non-hydrogen) atoms. The lowest BCUT2D eigenvalue weighted by molar-refractivity contribution is -0.120. The van der Waals surface area contributed by atoms with Crippen molar-refractivity contribution >= 4 is 51.3 Å². The second-order valence-electron chi connectivity index (χ2n) is 5.49. The minimum Gasteiger partial charge on any atom is -0.331 e. The fraction of sp³-hybridized carbons (Fsp3) is 0.0526. The molecule has 0 fully saturated rings. The first-order valence-electron chi connectivity index (χ1n) is 7.69. The lowest BCUT2D eigenvalue weighted by atomic mass is 10.1. The number of rotatable bonds is 3. The van der Waals surface area contributed by atoms with Gasteiger partial charge in [-0.25, -0.2) is 0 Å². The van der Waals surface area contributed by atoms with Crippen molar-refractivity contribution in [3.63, 3.8) is 0 Å². The van der Waals surface area contributed by atoms with Crippen LogP contribution in [0.4, 0.5) is 5.69 Å². The monoisotopic (exact) mass is 369 g/mol. The predicted octanol–water partition coefficient (Wildman–Crippen LogP) is 4.05. The zero-order valence-corrected chi connectivity index (χ0v) is 14.8. The SMILES string of the molecule is O=C(Cc1ccc2ccccc2c1)NNC(=S)Nc1ccc(Cl)cc1. The number of anilines is 1. The minimum absolute atomic E-state index is 0.171. The Hall–Kier alpha value is -2.63. The van der Waals surface area contributed by atoms with Gasteiger partial charge in [0.05, 0.1) is 6.42 Å². The Kier molecular flexibility index (Phi) is 5.48. The van der Waals surface area contributed by atoms with Crippen molar-refractivity contribution in [2.24, 2.45) is 0 Å². The molecule has 0 aromatic heterocycles. The van der Waals surface area contributed by atoms with E-state index in [1.807, 2.05) is 42.5 Å². The lowest BCUT2D eigenvalue weighted by Gasteiger charge is -2.12. The fourth-order valence-corrected chi connectivity index (χ4v) is 2.70. The van der Waals surface area contributed by atoms with Crippen LogP contribution >= 0.6 is 23.8 Å². The Morgan fingerprint density at radius 3 is 2.40 bits per heavy atom. The summed E-state index contributed by atoms with van der Waals surface area (Å²) in [6.07, 6.45) is 0.265. The molecular weight excluding hydrogens is 354 g/mol. The van der Waals surface area contributed by atoms with Gasteiger partial charge >= 0.3 is 0 Å². The number of hydrogen-bond acceptors (Lipinski definition) is 2. The number of benzene rings is 3. The van der Waals surface area contributed by atoms with E-state index in [4.69, 9.17) is 23.8 Å². The summed E-state index contributed by atoms with van der Waals surface area (Å²) < 4.78 is 0. The molecule has 0 unspecified atom stereocenters. The first-order chi connectivity index (χ1) is 12.1. The minimum atomic E-state index is -0.171. The van der Waals surface area contributed by atoms with Gasteiger partial charge in [-0.05, 0) is 52.8 Å². The summed E-state index contributed by atoms with van der Waals surface area (Å²) in [4.78, 5) is 12.1. The van der Waals surface area contributed by atoms with Crippen molar-refractivity contribution in [1.29, 1.82) is 0 Å². The van der Waals surface area contributed by atoms with Crippen molar-refractivity contribution in [2.45, 2.75) is 6.42 Å². The van der Waals surface area contributed by atoms with Gasteiger partial charge in [0.2, 0.25) is 5.91 Å². The highest BCUT2D eigenvalue weighted by molar-refractivity contribution is 7.80. The summed E-state index contributed by atoms with van der Waals surface area (Å²) in [5.41, 5.74) is 7.01. The summed E-state index contributed by atoms with van der Waals surface area (Å²) in [5.74, 6) is -0.171. The molecule has 0 saturated carbocycles. The molecule has 0 aliphatic rings. The maximum Gasteiger partial charge on any atom is 0.242 e. The van der Waals surface area contributed by atoms with E-state index in [-0.39, 0.29) is 12.3 Å². The maximum absolute atomic E-state index is 12.1. The van der Waals surface area contributed by atoms with Crippen LogP contribution in [0.5, 0.6) is 0 Å². The molecule has 3 aromatic carbocycles. The van der Waals surface area contributed by atoms with Gasteiger partial charge in [0, 0.05) is 10.7 Å². The molecule has 0 aliphatic heterocycles. The van der Waals surface area contributed by atoms with Crippen LogP contribution < -0.4 is 16.2 Å². The molecule has 1 amide bonds. The number of hydrazine groups is 1. The molecule has 3 aromatic rings. The topological polar surface area (TPSA) is 53.2 Å². The number of nitrogens with one attached hydrogen (secondary N) is 3. The van der Waals surface area contributed by atoms with E-state index < -0.39 is 0 Å². The average molecular weight is 370 g/mol. The largest absolute Gasteiger partial charge is 0.331 e. The van der Waals surface area contributed by atoms with E-state index >= 15 is 0 Å². The summed E-state index contributed by atoms with van der Waals surface area (Å²) in [6, 6.07) is 21.1. The van der Waals surface area contributed by atoms with Gasteiger partial charge in [0.25, 0.3) is 0 Å². The second kappa shape index (κ2) is 7.96. The molecular formula is C19H16ClN3OS. The number of amides is 1. The summed E-state index contributed by atoms with van der Waals surface area (Å²) in [5, 5.41) is 6.17. The van der Waals surface area contributed by atoms with Gasteiger partial charge in [-0.2, -0.15) is 0 Å². The quantitative estimate of drug-likeness (QED) is 0.481. The van der Waals surface area contributed by atoms with E-state index in [0.717, 1.165) is 22.0 Å². The van der Waals surface area contributed by atoms with Gasteiger partial charge in [-0.15, -0.1) is 0 Å². The molecule has 0 saturated heterocycles. The number of hydrogen-bond donors (Lipinski definition) is 3. The first kappa shape index (κ1) is 17.2. The van der Waals surface area contributed by atoms with Crippen LogP contribution in [-0.2, 0) is 11.2 Å². The number of fused-ring (bicyclic) bond motifs is 1. The van der Waals surface area contributed by atoms with Crippen LogP contribution in [0.15, 0.2) is 66.7 Å². The summed E-state index contributed by atoms with van der Waals surface area (Å²) >= 11 is 11.0. The fourth-order valence-electron chi connectivity index (χ4n) is 2.40. The predicted molar refractivity (Wildman–Crippen MR) is 107 cm³/mol. The molecule has 6 heteroatoms. The Morgan fingerprint density at radius 1 is 0.920 bits per heavy atom. The molecule has 0 aliphatic carbocycles. The smallest absolute Gasteiger partial charge is 0.242 e. The highest BCUT2D eigenvalue weighted by atomic mass is 35.5. The normalized spacial score (nSPS) is 10.3. The van der Waals surface area contributed by atoms with E-state index in [1.54, 1.807) is 24.3 Å². The number of carbonyl (C=O) groups excluding carboxylic acids is 1. The van der Waals surface area contributed by atoms with Crippen LogP contribution in [0.2, 0.25) is 5.02 Å². The van der Waals surface area contributed by atoms with Crippen molar-refractivity contribution in [1.82, 2.24) is 10.9 Å². The van der Waals surface area contributed by atoms with Crippen LogP contribution in [-0.4, -0.2) is 11.0 Å². The molecule has 3 rings (SSSR count). The Labute approximate surface area is 156 Å². The number of carbonyl (C=O) groups is 1. The van der Waals surface area contributed by atoms with Gasteiger partial charge in [-0.3, -0.25) is 15.6 Å². The standard InChI is InChI=1S/C19H16ClN3OS/c20-16-7-9-17(10-8-16)21-19(25)23-22-18(24)12-13-5-6-14-3-1-2-4-15(14)11-13/h1-11H,12H2,(H,22,24)(H2,21,23,25). The zero-order chi connectivity index (χ0) is 17.6. The Morgan fingerprint density at radius 2 is 1.64 bits per heavy atom. The van der Waals surface area contributed by atoms with Crippen LogP contribution in [0.3, 0.4) is 0 Å². The molecule has 3 N–H and O–H groups in total. The molecule has 0 heterocycles. The molecule has 0 radical (unpaired) electrons. The Balaban J connectivity index is 1.51. The first-order valence-corrected chi connectivity index (χ1v) is 8.48. The third kappa shape index (κ3) is 4.92. The van der Waals surface area contributed by atoms with Gasteiger partial charge in [0.1, 0.15) is 0 Å². The molecule has 0 bridgehead atoms. The van der Waals surface area contributed by atoms with Gasteiger partial charge in [0.15, 0.2) is 5.11 Å². The van der Waals surface area contributed by atoms with Crippen molar-refractivity contribution in [2.75, 3.05) is 5.32 Å². The van der Waals surface area contributed by atoms with E-state index in [1.165, 1.54) is 0 Å². The van der Waals surface area contributed by atoms with Crippen molar-refractivity contribution < 1.29 is 4.79 Å². The summed E-state index contributed by atoms with van der Waals surface area (Å²) in [7, 11) is 0. The second-order valence-corrected chi connectivity index (χ2v) is 6.34. The maximum atomic E-state index is 12.1. The molecule has 0 atom stereocenters. The van der Waals surface area contributed by atoms with E-state index in [2.05, 4.69) is 16.2 Å². The molecule has 4 nitrogen and oxygen atoms in total. The van der Waals surface area contributed by atoms with Crippen LogP contribution in [0.1, 0.15) is 5.56 Å². The summed E-state index contributed by atoms with van der Waals surface area (Å²) in [6.45, 7) is 0. The van der Waals surface area contributed by atoms with Crippen molar-refractivity contribution in [3.8, 4) is 0 Å².